The topological polar surface area (TPSA) is 69.0 Å². The molecule has 0 unspecified atom stereocenters. The summed E-state index contributed by atoms with van der Waals surface area (Å²) in [6.07, 6.45) is 0.562. The first-order valence-electron chi connectivity index (χ1n) is 10.4. The molecule has 1 saturated carbocycles. The number of pyridine rings is 1. The molecule has 2 aromatic heterocycles. The Hall–Kier alpha value is -3.36. The number of halogens is 3. The van der Waals surface area contributed by atoms with Gasteiger partial charge in [-0.15, -0.1) is 0 Å². The number of nitrogens with one attached hydrogen (secondary N) is 1. The maximum Gasteiger partial charge on any atom is 0.417 e. The van der Waals surface area contributed by atoms with Crippen molar-refractivity contribution in [1.29, 1.82) is 0 Å². The summed E-state index contributed by atoms with van der Waals surface area (Å²) in [5, 5.41) is 7.40. The molecule has 32 heavy (non-hydrogen) atoms. The van der Waals surface area contributed by atoms with E-state index in [0.29, 0.717) is 31.2 Å². The van der Waals surface area contributed by atoms with Crippen molar-refractivity contribution in [3.05, 3.63) is 71.7 Å². The van der Waals surface area contributed by atoms with Gasteiger partial charge in [0, 0.05) is 18.3 Å². The number of hydrogen-bond donors (Lipinski definition) is 1. The van der Waals surface area contributed by atoms with Gasteiger partial charge in [-0.2, -0.15) is 18.3 Å². The average Bonchev–Trinajstić information content (AvgIpc) is 3.17. The largest absolute Gasteiger partial charge is 0.474 e. The van der Waals surface area contributed by atoms with E-state index in [2.05, 4.69) is 15.4 Å². The molecule has 0 radical (unpaired) electrons. The average molecular weight is 444 g/mol. The van der Waals surface area contributed by atoms with Crippen LogP contribution in [0.25, 0.3) is 5.69 Å². The van der Waals surface area contributed by atoms with Gasteiger partial charge in [-0.3, -0.25) is 4.79 Å². The van der Waals surface area contributed by atoms with Gasteiger partial charge in [-0.1, -0.05) is 18.2 Å². The van der Waals surface area contributed by atoms with Crippen molar-refractivity contribution in [2.45, 2.75) is 50.9 Å². The number of carbonyl (C=O) groups is 1. The van der Waals surface area contributed by atoms with Crippen LogP contribution in [0.4, 0.5) is 13.2 Å². The fraction of sp³-hybridized carbons (Fsp3) is 0.348. The summed E-state index contributed by atoms with van der Waals surface area (Å²) in [5.74, 6) is 0.00731. The molecule has 0 spiro atoms. The molecule has 9 heteroatoms. The minimum Gasteiger partial charge on any atom is -0.474 e. The molecule has 0 atom stereocenters. The zero-order valence-corrected chi connectivity index (χ0v) is 17.5. The fourth-order valence-corrected chi connectivity index (χ4v) is 3.84. The van der Waals surface area contributed by atoms with Crippen molar-refractivity contribution in [2.24, 2.45) is 0 Å². The van der Waals surface area contributed by atoms with Crippen LogP contribution < -0.4 is 10.1 Å². The van der Waals surface area contributed by atoms with E-state index in [1.165, 1.54) is 6.07 Å². The van der Waals surface area contributed by atoms with Crippen molar-refractivity contribution in [1.82, 2.24) is 20.1 Å². The lowest BCUT2D eigenvalue weighted by Gasteiger charge is -2.29. The number of benzene rings is 1. The molecular formula is C23H23F3N4O2. The molecule has 1 aliphatic rings. The molecule has 0 aliphatic heterocycles. The number of nitrogens with zero attached hydrogens (tertiary/aromatic N) is 3. The van der Waals surface area contributed by atoms with Crippen LogP contribution in [0.2, 0.25) is 0 Å². The highest BCUT2D eigenvalue weighted by Crippen LogP contribution is 2.30. The van der Waals surface area contributed by atoms with Crippen LogP contribution in [0.3, 0.4) is 0 Å². The minimum absolute atomic E-state index is 0.00221. The normalized spacial score (nSPS) is 18.9. The number of para-hydroxylation sites is 1. The first-order chi connectivity index (χ1) is 15.3. The zero-order valence-electron chi connectivity index (χ0n) is 17.5. The summed E-state index contributed by atoms with van der Waals surface area (Å²) < 4.78 is 45.4. The van der Waals surface area contributed by atoms with E-state index >= 15 is 0 Å². The van der Waals surface area contributed by atoms with Crippen molar-refractivity contribution in [3.63, 3.8) is 0 Å². The Balaban J connectivity index is 1.30. The quantitative estimate of drug-likeness (QED) is 0.619. The first kappa shape index (κ1) is 21.9. The molecule has 1 fully saturated rings. The highest BCUT2D eigenvalue weighted by atomic mass is 19.4. The van der Waals surface area contributed by atoms with Gasteiger partial charge in [0.05, 0.1) is 28.7 Å². The van der Waals surface area contributed by atoms with Crippen LogP contribution in [-0.2, 0) is 6.18 Å². The predicted octanol–water partition coefficient (Wildman–Crippen LogP) is 4.71. The van der Waals surface area contributed by atoms with Crippen LogP contribution in [0.15, 0.2) is 54.9 Å². The van der Waals surface area contributed by atoms with Gasteiger partial charge in [0.2, 0.25) is 5.88 Å². The monoisotopic (exact) mass is 444 g/mol. The standard InChI is InChI=1S/C23H23F3N4O2/c1-15-20(14-28-30(15)18-5-3-2-4-6-18)22(31)29-17-8-10-19(11-9-17)32-21-12-7-16(13-27-21)23(24,25)26/h2-7,12-14,17,19H,8-11H2,1H3,(H,29,31). The van der Waals surface area contributed by atoms with Crippen molar-refractivity contribution < 1.29 is 22.7 Å². The van der Waals surface area contributed by atoms with Crippen LogP contribution in [0.5, 0.6) is 5.88 Å². The Morgan fingerprint density at radius 2 is 1.78 bits per heavy atom. The van der Waals surface area contributed by atoms with Gasteiger partial charge in [-0.05, 0) is 50.8 Å². The Morgan fingerprint density at radius 1 is 1.06 bits per heavy atom. The van der Waals surface area contributed by atoms with E-state index in [1.54, 1.807) is 10.9 Å². The fourth-order valence-electron chi connectivity index (χ4n) is 3.84. The number of hydrogen-bond acceptors (Lipinski definition) is 4. The Morgan fingerprint density at radius 3 is 2.41 bits per heavy atom. The second-order valence-corrected chi connectivity index (χ2v) is 7.84. The number of rotatable bonds is 5. The summed E-state index contributed by atoms with van der Waals surface area (Å²) in [6.45, 7) is 1.86. The Labute approximate surface area is 183 Å². The molecule has 1 aliphatic carbocycles. The third kappa shape index (κ3) is 4.92. The van der Waals surface area contributed by atoms with E-state index in [9.17, 15) is 18.0 Å². The summed E-state index contributed by atoms with van der Waals surface area (Å²) in [6, 6.07) is 11.8. The van der Waals surface area contributed by atoms with Crippen LogP contribution in [0.1, 0.15) is 47.3 Å². The van der Waals surface area contributed by atoms with Crippen molar-refractivity contribution in [2.75, 3.05) is 0 Å². The number of aromatic nitrogens is 3. The number of alkyl halides is 3. The minimum atomic E-state index is -4.42. The van der Waals surface area contributed by atoms with Gasteiger partial charge in [0.1, 0.15) is 6.10 Å². The SMILES string of the molecule is Cc1c(C(=O)NC2CCC(Oc3ccc(C(F)(F)F)cn3)CC2)cnn1-c1ccccc1. The highest BCUT2D eigenvalue weighted by Gasteiger charge is 2.31. The molecule has 168 valence electrons. The maximum absolute atomic E-state index is 12.8. The van der Waals surface area contributed by atoms with E-state index < -0.39 is 11.7 Å². The molecule has 1 aromatic carbocycles. The lowest BCUT2D eigenvalue weighted by molar-refractivity contribution is -0.137. The second-order valence-electron chi connectivity index (χ2n) is 7.84. The van der Waals surface area contributed by atoms with E-state index in [-0.39, 0.29) is 23.9 Å². The van der Waals surface area contributed by atoms with Crippen LogP contribution >= 0.6 is 0 Å². The third-order valence-corrected chi connectivity index (χ3v) is 5.62. The molecule has 0 saturated heterocycles. The van der Waals surface area contributed by atoms with Gasteiger partial charge in [0.25, 0.3) is 5.91 Å². The second kappa shape index (κ2) is 9.02. The van der Waals surface area contributed by atoms with Crippen molar-refractivity contribution >= 4 is 5.91 Å². The Bertz CT molecular complexity index is 1060. The summed E-state index contributed by atoms with van der Waals surface area (Å²) in [7, 11) is 0. The molecule has 1 N–H and O–H groups in total. The summed E-state index contributed by atoms with van der Waals surface area (Å²) in [4.78, 5) is 16.5. The molecule has 2 heterocycles. The van der Waals surface area contributed by atoms with E-state index in [1.807, 2.05) is 37.3 Å². The van der Waals surface area contributed by atoms with E-state index in [4.69, 9.17) is 4.74 Å². The number of amides is 1. The zero-order chi connectivity index (χ0) is 22.7. The van der Waals surface area contributed by atoms with Gasteiger partial charge >= 0.3 is 6.18 Å². The number of carbonyl (C=O) groups excluding carboxylic acids is 1. The molecule has 3 aromatic rings. The predicted molar refractivity (Wildman–Crippen MR) is 112 cm³/mol. The van der Waals surface area contributed by atoms with Gasteiger partial charge in [0.15, 0.2) is 0 Å². The maximum atomic E-state index is 12.8. The van der Waals surface area contributed by atoms with Crippen molar-refractivity contribution in [3.8, 4) is 11.6 Å². The number of ether oxygens (including phenoxy) is 1. The molecular weight excluding hydrogens is 421 g/mol. The molecule has 0 bridgehead atoms. The molecule has 6 nitrogen and oxygen atoms in total. The van der Waals surface area contributed by atoms with Gasteiger partial charge < -0.3 is 10.1 Å². The molecule has 4 rings (SSSR count). The van der Waals surface area contributed by atoms with Crippen LogP contribution in [0, 0.1) is 6.92 Å². The van der Waals surface area contributed by atoms with E-state index in [0.717, 1.165) is 23.6 Å². The highest BCUT2D eigenvalue weighted by molar-refractivity contribution is 5.95. The summed E-state index contributed by atoms with van der Waals surface area (Å²) >= 11 is 0. The molecule has 1 amide bonds. The summed E-state index contributed by atoms with van der Waals surface area (Å²) in [5.41, 5.74) is 1.38. The van der Waals surface area contributed by atoms with Gasteiger partial charge in [-0.25, -0.2) is 9.67 Å². The Kier molecular flexibility index (Phi) is 6.16. The van der Waals surface area contributed by atoms with Crippen LogP contribution in [-0.4, -0.2) is 32.8 Å². The lowest BCUT2D eigenvalue weighted by atomic mass is 9.92. The lowest BCUT2D eigenvalue weighted by Crippen LogP contribution is -2.39. The third-order valence-electron chi connectivity index (χ3n) is 5.62. The smallest absolute Gasteiger partial charge is 0.417 e. The first-order valence-corrected chi connectivity index (χ1v) is 10.4.